The van der Waals surface area contributed by atoms with Gasteiger partial charge in [0.15, 0.2) is 0 Å². The number of rotatable bonds is 3. The van der Waals surface area contributed by atoms with Gasteiger partial charge in [0.05, 0.1) is 17.6 Å². The maximum Gasteiger partial charge on any atom is 0.573 e. The molecule has 0 bridgehead atoms. The van der Waals surface area contributed by atoms with Crippen LogP contribution in [0.2, 0.25) is 0 Å². The molecule has 3 nitrogen and oxygen atoms in total. The van der Waals surface area contributed by atoms with Gasteiger partial charge in [0.25, 0.3) is 5.92 Å². The average molecular weight is 354 g/mol. The summed E-state index contributed by atoms with van der Waals surface area (Å²) in [6.45, 7) is 0. The topological polar surface area (TPSA) is 26.5 Å². The fourth-order valence-corrected chi connectivity index (χ4v) is 2.78. The standard InChI is InChI=1S/C17H11F5N2O/c18-16(19)7-14(16)15-23-8-12-4-1-11(9-24(12)15)10-2-5-13(6-3-10)25-17(20,21)22/h1-6,8-9,14H,7H2. The van der Waals surface area contributed by atoms with Crippen LogP contribution in [0.3, 0.4) is 0 Å². The van der Waals surface area contributed by atoms with Crippen molar-refractivity contribution in [1.82, 2.24) is 9.38 Å². The number of hydrogen-bond donors (Lipinski definition) is 0. The normalized spacial score (nSPS) is 19.2. The Morgan fingerprint density at radius 2 is 1.68 bits per heavy atom. The van der Waals surface area contributed by atoms with Crippen LogP contribution in [-0.2, 0) is 0 Å². The molecule has 3 aromatic rings. The molecule has 2 aromatic heterocycles. The van der Waals surface area contributed by atoms with E-state index in [2.05, 4.69) is 9.72 Å². The molecule has 1 aliphatic rings. The lowest BCUT2D eigenvalue weighted by Gasteiger charge is -2.10. The van der Waals surface area contributed by atoms with E-state index in [1.165, 1.54) is 30.5 Å². The summed E-state index contributed by atoms with van der Waals surface area (Å²) in [5, 5.41) is 0. The number of ether oxygens (including phenoxy) is 1. The van der Waals surface area contributed by atoms with Gasteiger partial charge in [-0.2, -0.15) is 0 Å². The van der Waals surface area contributed by atoms with Crippen LogP contribution >= 0.6 is 0 Å². The van der Waals surface area contributed by atoms with E-state index in [4.69, 9.17) is 0 Å². The minimum atomic E-state index is -4.75. The molecule has 0 spiro atoms. The summed E-state index contributed by atoms with van der Waals surface area (Å²) in [5.41, 5.74) is 1.99. The van der Waals surface area contributed by atoms with E-state index >= 15 is 0 Å². The number of imidazole rings is 1. The van der Waals surface area contributed by atoms with Crippen molar-refractivity contribution in [1.29, 1.82) is 0 Å². The maximum absolute atomic E-state index is 13.3. The lowest BCUT2D eigenvalue weighted by Crippen LogP contribution is -2.16. The minimum absolute atomic E-state index is 0.222. The van der Waals surface area contributed by atoms with Crippen molar-refractivity contribution in [3.8, 4) is 16.9 Å². The zero-order chi connectivity index (χ0) is 17.8. The van der Waals surface area contributed by atoms with Gasteiger partial charge in [0, 0.05) is 12.6 Å². The van der Waals surface area contributed by atoms with E-state index in [0.717, 1.165) is 0 Å². The largest absolute Gasteiger partial charge is 0.573 e. The van der Waals surface area contributed by atoms with E-state index < -0.39 is 18.2 Å². The van der Waals surface area contributed by atoms with Crippen LogP contribution in [0.25, 0.3) is 16.6 Å². The van der Waals surface area contributed by atoms with Crippen molar-refractivity contribution < 1.29 is 26.7 Å². The molecule has 25 heavy (non-hydrogen) atoms. The molecule has 0 aliphatic heterocycles. The van der Waals surface area contributed by atoms with E-state index in [1.54, 1.807) is 22.7 Å². The van der Waals surface area contributed by atoms with E-state index in [-0.39, 0.29) is 12.2 Å². The molecule has 130 valence electrons. The highest BCUT2D eigenvalue weighted by atomic mass is 19.4. The molecule has 1 saturated carbocycles. The van der Waals surface area contributed by atoms with Crippen molar-refractivity contribution >= 4 is 5.52 Å². The molecule has 1 unspecified atom stereocenters. The fraction of sp³-hybridized carbons (Fsp3) is 0.235. The smallest absolute Gasteiger partial charge is 0.406 e. The summed E-state index contributed by atoms with van der Waals surface area (Å²) in [6, 6.07) is 8.85. The number of alkyl halides is 5. The van der Waals surface area contributed by atoms with Crippen LogP contribution < -0.4 is 4.74 Å². The summed E-state index contributed by atoms with van der Waals surface area (Å²) in [5.74, 6) is -3.65. The SMILES string of the molecule is FC(F)(F)Oc1ccc(-c2ccc3cnc(C4CC4(F)F)n3c2)cc1. The molecule has 1 aromatic carbocycles. The van der Waals surface area contributed by atoms with E-state index in [0.29, 0.717) is 22.5 Å². The zero-order valence-corrected chi connectivity index (χ0v) is 12.6. The highest BCUT2D eigenvalue weighted by Gasteiger charge is 2.59. The van der Waals surface area contributed by atoms with Crippen LogP contribution in [0.4, 0.5) is 22.0 Å². The lowest BCUT2D eigenvalue weighted by molar-refractivity contribution is -0.274. The van der Waals surface area contributed by atoms with Gasteiger partial charge in [-0.3, -0.25) is 0 Å². The quantitative estimate of drug-likeness (QED) is 0.617. The van der Waals surface area contributed by atoms with Crippen molar-refractivity contribution in [2.75, 3.05) is 0 Å². The first-order valence-electron chi connectivity index (χ1n) is 7.44. The second kappa shape index (κ2) is 5.18. The average Bonchev–Trinajstić information content (AvgIpc) is 2.98. The van der Waals surface area contributed by atoms with Gasteiger partial charge in [-0.25, -0.2) is 13.8 Å². The number of benzene rings is 1. The van der Waals surface area contributed by atoms with Gasteiger partial charge >= 0.3 is 6.36 Å². The summed E-state index contributed by atoms with van der Waals surface area (Å²) in [4.78, 5) is 4.08. The summed E-state index contributed by atoms with van der Waals surface area (Å²) in [7, 11) is 0. The van der Waals surface area contributed by atoms with Crippen molar-refractivity contribution in [3.63, 3.8) is 0 Å². The number of fused-ring (bicyclic) bond motifs is 1. The molecule has 1 aliphatic carbocycles. The van der Waals surface area contributed by atoms with Gasteiger partial charge < -0.3 is 9.14 Å². The molecule has 0 N–H and O–H groups in total. The molecule has 0 saturated heterocycles. The second-order valence-electron chi connectivity index (χ2n) is 5.92. The third-order valence-electron chi connectivity index (χ3n) is 4.11. The summed E-state index contributed by atoms with van der Waals surface area (Å²) < 4.78 is 68.7. The van der Waals surface area contributed by atoms with Crippen LogP contribution in [0.15, 0.2) is 48.8 Å². The summed E-state index contributed by atoms with van der Waals surface area (Å²) >= 11 is 0. The summed E-state index contributed by atoms with van der Waals surface area (Å²) in [6.07, 6.45) is -1.79. The van der Waals surface area contributed by atoms with E-state index in [9.17, 15) is 22.0 Å². The highest BCUT2D eigenvalue weighted by molar-refractivity contribution is 5.66. The number of aromatic nitrogens is 2. The van der Waals surface area contributed by atoms with Gasteiger partial charge in [-0.15, -0.1) is 13.2 Å². The van der Waals surface area contributed by atoms with Crippen molar-refractivity contribution in [2.24, 2.45) is 0 Å². The molecule has 1 fully saturated rings. The fourth-order valence-electron chi connectivity index (χ4n) is 2.78. The van der Waals surface area contributed by atoms with Gasteiger partial charge in [0.2, 0.25) is 0 Å². The molecule has 4 rings (SSSR count). The second-order valence-corrected chi connectivity index (χ2v) is 5.92. The zero-order valence-electron chi connectivity index (χ0n) is 12.6. The molecule has 0 amide bonds. The monoisotopic (exact) mass is 354 g/mol. The van der Waals surface area contributed by atoms with Crippen LogP contribution in [0.5, 0.6) is 5.75 Å². The third-order valence-corrected chi connectivity index (χ3v) is 4.11. The Kier molecular flexibility index (Phi) is 3.28. The first-order valence-corrected chi connectivity index (χ1v) is 7.44. The van der Waals surface area contributed by atoms with Crippen LogP contribution in [0.1, 0.15) is 18.2 Å². The molecular formula is C17H11F5N2O. The van der Waals surface area contributed by atoms with Gasteiger partial charge in [-0.05, 0) is 29.3 Å². The van der Waals surface area contributed by atoms with Gasteiger partial charge in [0.1, 0.15) is 11.6 Å². The molecule has 1 atom stereocenters. The number of halogens is 5. The molecule has 8 heteroatoms. The number of hydrogen-bond acceptors (Lipinski definition) is 2. The van der Waals surface area contributed by atoms with Crippen molar-refractivity contribution in [2.45, 2.75) is 24.6 Å². The molecule has 0 radical (unpaired) electrons. The maximum atomic E-state index is 13.3. The Labute approximate surface area is 138 Å². The lowest BCUT2D eigenvalue weighted by atomic mass is 10.1. The predicted molar refractivity (Wildman–Crippen MR) is 79.6 cm³/mol. The Bertz CT molecular complexity index is 930. The van der Waals surface area contributed by atoms with Crippen molar-refractivity contribution in [3.05, 3.63) is 54.6 Å². The molecular weight excluding hydrogens is 343 g/mol. The Morgan fingerprint density at radius 3 is 2.28 bits per heavy atom. The first kappa shape index (κ1) is 15.9. The number of nitrogens with zero attached hydrogens (tertiary/aromatic N) is 2. The highest BCUT2D eigenvalue weighted by Crippen LogP contribution is 2.55. The predicted octanol–water partition coefficient (Wildman–Crippen LogP) is 5.02. The minimum Gasteiger partial charge on any atom is -0.406 e. The first-order chi connectivity index (χ1) is 11.7. The van der Waals surface area contributed by atoms with Gasteiger partial charge in [-0.1, -0.05) is 18.2 Å². The Balaban J connectivity index is 1.66. The molecule has 2 heterocycles. The Hall–Kier alpha value is -2.64. The van der Waals surface area contributed by atoms with Crippen LogP contribution in [-0.4, -0.2) is 21.7 Å². The number of pyridine rings is 1. The van der Waals surface area contributed by atoms with Crippen LogP contribution in [0, 0.1) is 0 Å². The Morgan fingerprint density at radius 1 is 1.04 bits per heavy atom. The third kappa shape index (κ3) is 3.04. The van der Waals surface area contributed by atoms with E-state index in [1.807, 2.05) is 0 Å².